The van der Waals surface area contributed by atoms with Crippen LogP contribution in [0.2, 0.25) is 10.0 Å². The summed E-state index contributed by atoms with van der Waals surface area (Å²) in [5.74, 6) is 0.933. The lowest BCUT2D eigenvalue weighted by molar-refractivity contribution is -0.155. The van der Waals surface area contributed by atoms with Gasteiger partial charge in [-0.3, -0.25) is 9.59 Å². The maximum Gasteiger partial charge on any atom is 0.338 e. The Bertz CT molecular complexity index is 2460. The molecule has 2 saturated carbocycles. The molecule has 0 amide bonds. The van der Waals surface area contributed by atoms with Crippen LogP contribution in [0.5, 0.6) is 0 Å². The number of aliphatic hydroxyl groups excluding tert-OH is 1. The molecule has 0 spiro atoms. The Morgan fingerprint density at radius 2 is 1.04 bits per heavy atom. The molecule has 0 bridgehead atoms. The van der Waals surface area contributed by atoms with E-state index in [0.29, 0.717) is 52.9 Å². The Hall–Kier alpha value is -5.52. The Morgan fingerprint density at radius 1 is 0.648 bits per heavy atom. The van der Waals surface area contributed by atoms with Crippen LogP contribution in [0.4, 0.5) is 20.7 Å². The lowest BCUT2D eigenvalue weighted by Crippen LogP contribution is -2.35. The van der Waals surface area contributed by atoms with Crippen molar-refractivity contribution in [3.8, 4) is 0 Å². The average molecular weight is 1030 g/mol. The van der Waals surface area contributed by atoms with Gasteiger partial charge in [0.25, 0.3) is 0 Å². The van der Waals surface area contributed by atoms with Gasteiger partial charge >= 0.3 is 23.9 Å². The van der Waals surface area contributed by atoms with E-state index in [0.717, 1.165) is 75.4 Å². The number of carboxylic acids is 1. The van der Waals surface area contributed by atoms with Crippen molar-refractivity contribution in [2.24, 2.45) is 35.5 Å². The second-order valence-electron chi connectivity index (χ2n) is 20.6. The van der Waals surface area contributed by atoms with Crippen molar-refractivity contribution < 1.29 is 52.4 Å². The molecule has 8 rings (SSSR count). The zero-order chi connectivity index (χ0) is 51.6. The molecule has 2 aliphatic heterocycles. The van der Waals surface area contributed by atoms with Crippen LogP contribution < -0.4 is 9.80 Å². The summed E-state index contributed by atoms with van der Waals surface area (Å²) in [5, 5.41) is 18.9. The molecule has 4 aromatic rings. The molecule has 71 heavy (non-hydrogen) atoms. The summed E-state index contributed by atoms with van der Waals surface area (Å²) in [6.07, 6.45) is 12.9. The summed E-state index contributed by atoms with van der Waals surface area (Å²) in [7, 11) is 0. The summed E-state index contributed by atoms with van der Waals surface area (Å²) in [6, 6.07) is 7.48. The second-order valence-corrected chi connectivity index (χ2v) is 21.5. The summed E-state index contributed by atoms with van der Waals surface area (Å²) in [4.78, 5) is 68.0. The minimum absolute atomic E-state index is 0.120. The van der Waals surface area contributed by atoms with E-state index in [1.807, 2.05) is 0 Å². The number of ether oxygens (including phenoxy) is 3. The molecule has 0 unspecified atom stereocenters. The van der Waals surface area contributed by atoms with Gasteiger partial charge in [0.2, 0.25) is 11.9 Å². The van der Waals surface area contributed by atoms with Crippen molar-refractivity contribution in [2.45, 2.75) is 104 Å². The molecule has 2 aromatic heterocycles. The first-order chi connectivity index (χ1) is 33.5. The first-order valence-corrected chi connectivity index (χ1v) is 24.8. The Kier molecular flexibility index (Phi) is 18.7. The van der Waals surface area contributed by atoms with E-state index in [4.69, 9.17) is 47.6 Å². The van der Waals surface area contributed by atoms with Crippen molar-refractivity contribution >= 4 is 59.0 Å². The molecule has 19 heteroatoms. The Labute approximate surface area is 423 Å². The van der Waals surface area contributed by atoms with Crippen LogP contribution in [0.15, 0.2) is 61.2 Å². The maximum absolute atomic E-state index is 14.5. The maximum atomic E-state index is 14.5. The van der Waals surface area contributed by atoms with E-state index in [9.17, 15) is 28.0 Å². The standard InChI is InChI=1S/C26H31ClFN3O4.C13H18ClN3O.C13H15FO4/c1-26(2,3)35-23(32)12-17-4-5-18(11-22(17)28)24(33)34-15-19-10-21(19)16-6-8-31(9-7-16)25-29-13-20(27)14-30-25;14-11-6-15-13(16-7-11)17-3-1-9(2-4-17)12-5-10(12)8-18;1-13(2,3)18-11(15)7-8-4-5-9(12(16)17)6-10(8)14/h4-5,11,13-14,16,19,21H,6-10,12,15H2,1-3H3;6-7,9-10,12,18H,1-5,8H2;4-6H,7H2,1-3H3,(H,16,17)/t19-,21+;10-,12+;/m00./s1. The van der Waals surface area contributed by atoms with E-state index in [-0.39, 0.29) is 35.1 Å². The fourth-order valence-corrected chi connectivity index (χ4v) is 9.26. The molecule has 15 nitrogen and oxygen atoms in total. The normalized spacial score (nSPS) is 20.1. The van der Waals surface area contributed by atoms with Gasteiger partial charge in [-0.1, -0.05) is 35.3 Å². The van der Waals surface area contributed by atoms with Gasteiger partial charge in [-0.25, -0.2) is 38.3 Å². The number of piperidine rings is 2. The van der Waals surface area contributed by atoms with E-state index < -0.39 is 46.7 Å². The fraction of sp³-hybridized carbons (Fsp3) is 0.538. The predicted octanol–water partition coefficient (Wildman–Crippen LogP) is 9.25. The van der Waals surface area contributed by atoms with Crippen LogP contribution in [0.3, 0.4) is 0 Å². The van der Waals surface area contributed by atoms with Gasteiger partial charge in [0, 0.05) is 32.8 Å². The zero-order valence-corrected chi connectivity index (χ0v) is 42.6. The third-order valence-corrected chi connectivity index (χ3v) is 13.2. The number of nitrogens with zero attached hydrogens (tertiary/aromatic N) is 6. The highest BCUT2D eigenvalue weighted by Crippen LogP contribution is 2.49. The van der Waals surface area contributed by atoms with E-state index >= 15 is 0 Å². The number of anilines is 2. The zero-order valence-electron chi connectivity index (χ0n) is 41.1. The Morgan fingerprint density at radius 3 is 1.42 bits per heavy atom. The van der Waals surface area contributed by atoms with Crippen molar-refractivity contribution in [3.05, 3.63) is 105 Å². The molecule has 2 aliphatic carbocycles. The SMILES string of the molecule is CC(C)(C)OC(=O)Cc1ccc(C(=O)O)cc1F.CC(C)(C)OC(=O)Cc1ccc(C(=O)OC[C@@H]2C[C@@H]2C2CCN(c3ncc(Cl)cn3)CC2)cc1F.OC[C@@H]1C[C@@H]1C1CCN(c2ncc(Cl)cn2)CC1. The molecule has 4 aliphatic rings. The summed E-state index contributed by atoms with van der Waals surface area (Å²) in [6.45, 7) is 14.9. The van der Waals surface area contributed by atoms with Gasteiger partial charge in [0.1, 0.15) is 22.8 Å². The lowest BCUT2D eigenvalue weighted by atomic mass is 9.91. The topological polar surface area (TPSA) is 194 Å². The molecule has 4 atom stereocenters. The smallest absolute Gasteiger partial charge is 0.338 e. The van der Waals surface area contributed by atoms with Crippen LogP contribution in [0, 0.1) is 47.1 Å². The van der Waals surface area contributed by atoms with Gasteiger partial charge in [0.05, 0.1) is 65.4 Å². The van der Waals surface area contributed by atoms with Crippen LogP contribution >= 0.6 is 23.2 Å². The Balaban J connectivity index is 0.000000192. The lowest BCUT2D eigenvalue weighted by Gasteiger charge is -2.32. The predicted molar refractivity (Wildman–Crippen MR) is 263 cm³/mol. The average Bonchev–Trinajstić information content (AvgIpc) is 4.26. The highest BCUT2D eigenvalue weighted by molar-refractivity contribution is 6.30. The van der Waals surface area contributed by atoms with Crippen molar-refractivity contribution in [3.63, 3.8) is 0 Å². The van der Waals surface area contributed by atoms with E-state index in [1.54, 1.807) is 66.3 Å². The number of carboxylic acid groups (broad SMARTS) is 1. The number of carbonyl (C=O) groups excluding carboxylic acids is 3. The first-order valence-electron chi connectivity index (χ1n) is 24.0. The quantitative estimate of drug-likeness (QED) is 0.0950. The molecule has 2 aromatic carbocycles. The third-order valence-electron chi connectivity index (χ3n) is 12.8. The molecule has 384 valence electrons. The van der Waals surface area contributed by atoms with Gasteiger partial charge in [0.15, 0.2) is 0 Å². The van der Waals surface area contributed by atoms with Crippen LogP contribution in [0.1, 0.15) is 112 Å². The number of halogens is 4. The summed E-state index contributed by atoms with van der Waals surface area (Å²) < 4.78 is 43.7. The highest BCUT2D eigenvalue weighted by Gasteiger charge is 2.45. The van der Waals surface area contributed by atoms with Crippen LogP contribution in [-0.4, -0.2) is 105 Å². The fourth-order valence-electron chi connectivity index (χ4n) is 9.06. The number of esters is 3. The molecular formula is C52H64Cl2F2N6O9. The molecule has 0 radical (unpaired) electrons. The van der Waals surface area contributed by atoms with Crippen molar-refractivity contribution in [2.75, 3.05) is 49.2 Å². The number of aliphatic hydroxyl groups is 1. The number of hydrogen-bond donors (Lipinski definition) is 2. The summed E-state index contributed by atoms with van der Waals surface area (Å²) in [5.41, 5.74) is -0.971. The highest BCUT2D eigenvalue weighted by atomic mass is 35.5. The molecule has 4 fully saturated rings. The van der Waals surface area contributed by atoms with Crippen molar-refractivity contribution in [1.29, 1.82) is 0 Å². The third kappa shape index (κ3) is 17.1. The number of hydrogen-bond acceptors (Lipinski definition) is 14. The number of benzene rings is 2. The van der Waals surface area contributed by atoms with E-state index in [2.05, 4.69) is 29.7 Å². The van der Waals surface area contributed by atoms with Gasteiger partial charge in [-0.15, -0.1) is 0 Å². The van der Waals surface area contributed by atoms with Gasteiger partial charge in [-0.05, 0) is 151 Å². The monoisotopic (exact) mass is 1020 g/mol. The number of aromatic nitrogens is 4. The molecular weight excluding hydrogens is 962 g/mol. The minimum atomic E-state index is -1.21. The van der Waals surface area contributed by atoms with Gasteiger partial charge < -0.3 is 34.2 Å². The second kappa shape index (κ2) is 24.3. The number of carbonyl (C=O) groups is 4. The number of rotatable bonds is 13. The first kappa shape index (κ1) is 54.8. The minimum Gasteiger partial charge on any atom is -0.478 e. The van der Waals surface area contributed by atoms with Gasteiger partial charge in [-0.2, -0.15) is 0 Å². The molecule has 2 N–H and O–H groups in total. The summed E-state index contributed by atoms with van der Waals surface area (Å²) >= 11 is 11.7. The van der Waals surface area contributed by atoms with Crippen LogP contribution in [0.25, 0.3) is 0 Å². The number of aromatic carboxylic acids is 1. The molecule has 4 heterocycles. The molecule has 2 saturated heterocycles. The van der Waals surface area contributed by atoms with E-state index in [1.165, 1.54) is 43.5 Å². The van der Waals surface area contributed by atoms with Crippen molar-refractivity contribution in [1.82, 2.24) is 19.9 Å². The van der Waals surface area contributed by atoms with Crippen LogP contribution in [-0.2, 0) is 36.6 Å². The largest absolute Gasteiger partial charge is 0.478 e.